The molecule has 1 aromatic rings. The van der Waals surface area contributed by atoms with Crippen molar-refractivity contribution in [3.63, 3.8) is 0 Å². The van der Waals surface area contributed by atoms with Gasteiger partial charge in [0.25, 0.3) is 0 Å². The fraction of sp³-hybridized carbons (Fsp3) is 0.533. The van der Waals surface area contributed by atoms with Gasteiger partial charge in [0.2, 0.25) is 0 Å². The number of nitrogens with one attached hydrogen (secondary N) is 1. The molecule has 0 atom stereocenters. The van der Waals surface area contributed by atoms with Crippen molar-refractivity contribution in [2.24, 2.45) is 0 Å². The van der Waals surface area contributed by atoms with Gasteiger partial charge in [-0.05, 0) is 71.8 Å². The zero-order chi connectivity index (χ0) is 14.5. The Bertz CT molecular complexity index is 491. The summed E-state index contributed by atoms with van der Waals surface area (Å²) < 4.78 is 0.935. The van der Waals surface area contributed by atoms with E-state index in [0.717, 1.165) is 23.0 Å². The zero-order valence-corrected chi connectivity index (χ0v) is 13.4. The number of hydrogen-bond acceptors (Lipinski definition) is 2. The molecule has 2 rings (SSSR count). The second-order valence-electron chi connectivity index (χ2n) is 5.04. The Morgan fingerprint density at radius 3 is 2.75 bits per heavy atom. The van der Waals surface area contributed by atoms with E-state index >= 15 is 0 Å². The molecule has 110 valence electrons. The number of nitrogens with zero attached hydrogens (tertiary/aromatic N) is 1. The molecule has 0 saturated carbocycles. The molecule has 20 heavy (non-hydrogen) atoms. The Kier molecular flexibility index (Phi) is 5.43. The van der Waals surface area contributed by atoms with E-state index in [9.17, 15) is 4.79 Å². The minimum atomic E-state index is -0.111. The smallest absolute Gasteiger partial charge is 0.321 e. The monoisotopic (exact) mass is 340 g/mol. The van der Waals surface area contributed by atoms with Gasteiger partial charge in [0.1, 0.15) is 0 Å². The van der Waals surface area contributed by atoms with Crippen LogP contribution >= 0.6 is 15.9 Å². The van der Waals surface area contributed by atoms with E-state index < -0.39 is 0 Å². The second kappa shape index (κ2) is 7.09. The highest BCUT2D eigenvalue weighted by molar-refractivity contribution is 9.10. The van der Waals surface area contributed by atoms with Crippen molar-refractivity contribution in [2.45, 2.75) is 32.6 Å². The normalized spacial score (nSPS) is 13.2. The summed E-state index contributed by atoms with van der Waals surface area (Å²) in [4.78, 5) is 13.9. The van der Waals surface area contributed by atoms with Crippen LogP contribution in [0.2, 0.25) is 0 Å². The third-order valence-corrected chi connectivity index (χ3v) is 4.33. The van der Waals surface area contributed by atoms with Crippen LogP contribution in [0.1, 0.15) is 30.9 Å². The van der Waals surface area contributed by atoms with Crippen LogP contribution in [-0.4, -0.2) is 35.7 Å². The van der Waals surface area contributed by atoms with Crippen molar-refractivity contribution in [3.8, 4) is 0 Å². The van der Waals surface area contributed by atoms with Crippen LogP contribution in [0.25, 0.3) is 0 Å². The number of urea groups is 1. The third-order valence-electron chi connectivity index (χ3n) is 3.68. The number of aryl methyl sites for hydroxylation is 2. The number of halogens is 1. The number of hydrogen-bond donors (Lipinski definition) is 2. The fourth-order valence-electron chi connectivity index (χ4n) is 2.55. The van der Waals surface area contributed by atoms with Crippen LogP contribution in [0.5, 0.6) is 0 Å². The summed E-state index contributed by atoms with van der Waals surface area (Å²) in [6.07, 6.45) is 4.01. The Morgan fingerprint density at radius 1 is 1.40 bits per heavy atom. The molecule has 4 nitrogen and oxygen atoms in total. The van der Waals surface area contributed by atoms with Gasteiger partial charge in [-0.1, -0.05) is 0 Å². The van der Waals surface area contributed by atoms with E-state index in [-0.39, 0.29) is 12.6 Å². The minimum absolute atomic E-state index is 0.103. The largest absolute Gasteiger partial charge is 0.396 e. The number of amides is 2. The quantitative estimate of drug-likeness (QED) is 0.864. The van der Waals surface area contributed by atoms with Gasteiger partial charge in [0, 0.05) is 24.2 Å². The van der Waals surface area contributed by atoms with Crippen molar-refractivity contribution in [1.82, 2.24) is 4.90 Å². The van der Waals surface area contributed by atoms with Gasteiger partial charge in [0.15, 0.2) is 0 Å². The van der Waals surface area contributed by atoms with E-state index in [2.05, 4.69) is 33.4 Å². The van der Waals surface area contributed by atoms with E-state index in [1.54, 1.807) is 4.90 Å². The maximum absolute atomic E-state index is 12.2. The number of aliphatic hydroxyl groups is 1. The molecule has 0 aromatic heterocycles. The topological polar surface area (TPSA) is 52.6 Å². The van der Waals surface area contributed by atoms with Crippen molar-refractivity contribution in [1.29, 1.82) is 0 Å². The number of aliphatic hydroxyl groups excluding tert-OH is 1. The van der Waals surface area contributed by atoms with Gasteiger partial charge in [-0.25, -0.2) is 4.79 Å². The number of carbonyl (C=O) groups excluding carboxylic acids is 1. The summed E-state index contributed by atoms with van der Waals surface area (Å²) >= 11 is 3.53. The lowest BCUT2D eigenvalue weighted by molar-refractivity contribution is 0.205. The van der Waals surface area contributed by atoms with Crippen LogP contribution in [-0.2, 0) is 12.8 Å². The molecular weight excluding hydrogens is 320 g/mol. The fourth-order valence-corrected chi connectivity index (χ4v) is 3.04. The second-order valence-corrected chi connectivity index (χ2v) is 5.90. The maximum atomic E-state index is 12.2. The molecule has 5 heteroatoms. The highest BCUT2D eigenvalue weighted by Crippen LogP contribution is 2.31. The summed E-state index contributed by atoms with van der Waals surface area (Å²) in [6, 6.07) is 4.08. The predicted molar refractivity (Wildman–Crippen MR) is 84.1 cm³/mol. The van der Waals surface area contributed by atoms with Crippen molar-refractivity contribution >= 4 is 27.6 Å². The molecule has 0 heterocycles. The molecule has 1 aliphatic rings. The van der Waals surface area contributed by atoms with Crippen LogP contribution in [0, 0.1) is 0 Å². The Balaban J connectivity index is 2.07. The summed E-state index contributed by atoms with van der Waals surface area (Å²) in [5.74, 6) is 0. The van der Waals surface area contributed by atoms with E-state index in [4.69, 9.17) is 5.11 Å². The highest BCUT2D eigenvalue weighted by Gasteiger charge is 2.17. The summed E-state index contributed by atoms with van der Waals surface area (Å²) in [5.41, 5.74) is 3.54. The van der Waals surface area contributed by atoms with Gasteiger partial charge < -0.3 is 15.3 Å². The lowest BCUT2D eigenvalue weighted by Crippen LogP contribution is -2.36. The first kappa shape index (κ1) is 15.3. The SMILES string of the molecule is CCN(CCCO)C(=O)Nc1cc2c(cc1Br)CCC2. The van der Waals surface area contributed by atoms with Crippen molar-refractivity contribution in [3.05, 3.63) is 27.7 Å². The lowest BCUT2D eigenvalue weighted by atomic mass is 10.1. The highest BCUT2D eigenvalue weighted by atomic mass is 79.9. The van der Waals surface area contributed by atoms with Crippen LogP contribution in [0.4, 0.5) is 10.5 Å². The minimum Gasteiger partial charge on any atom is -0.396 e. The Labute approximate surface area is 128 Å². The first-order valence-corrected chi connectivity index (χ1v) is 7.93. The zero-order valence-electron chi connectivity index (χ0n) is 11.8. The van der Waals surface area contributed by atoms with Crippen LogP contribution < -0.4 is 5.32 Å². The Hall–Kier alpha value is -1.07. The standard InChI is InChI=1S/C15H21BrN2O2/c1-2-18(7-4-8-19)15(20)17-14-10-12-6-3-5-11(12)9-13(14)16/h9-10,19H,2-8H2,1H3,(H,17,20). The third kappa shape index (κ3) is 3.52. The molecule has 0 aliphatic heterocycles. The molecule has 0 saturated heterocycles. The van der Waals surface area contributed by atoms with Gasteiger partial charge in [-0.15, -0.1) is 0 Å². The van der Waals surface area contributed by atoms with E-state index in [1.807, 2.05) is 6.92 Å². The molecule has 0 fully saturated rings. The summed E-state index contributed by atoms with van der Waals surface area (Å²) in [5, 5.41) is 11.8. The van der Waals surface area contributed by atoms with E-state index in [1.165, 1.54) is 17.5 Å². The molecule has 0 bridgehead atoms. The molecule has 1 aromatic carbocycles. The van der Waals surface area contributed by atoms with Gasteiger partial charge >= 0.3 is 6.03 Å². The molecule has 0 spiro atoms. The van der Waals surface area contributed by atoms with Gasteiger partial charge in [0.05, 0.1) is 5.69 Å². The molecule has 2 amide bonds. The molecule has 0 radical (unpaired) electrons. The number of benzene rings is 1. The molecule has 1 aliphatic carbocycles. The number of carbonyl (C=O) groups is 1. The molecule has 2 N–H and O–H groups in total. The first-order valence-electron chi connectivity index (χ1n) is 7.13. The van der Waals surface area contributed by atoms with Crippen LogP contribution in [0.15, 0.2) is 16.6 Å². The number of fused-ring (bicyclic) bond motifs is 1. The predicted octanol–water partition coefficient (Wildman–Crippen LogP) is 3.17. The summed E-state index contributed by atoms with van der Waals surface area (Å²) in [6.45, 7) is 3.25. The van der Waals surface area contributed by atoms with E-state index in [0.29, 0.717) is 19.5 Å². The van der Waals surface area contributed by atoms with Gasteiger partial charge in [-0.2, -0.15) is 0 Å². The molecular formula is C15H21BrN2O2. The Morgan fingerprint density at radius 2 is 2.10 bits per heavy atom. The number of rotatable bonds is 5. The number of anilines is 1. The maximum Gasteiger partial charge on any atom is 0.321 e. The summed E-state index contributed by atoms with van der Waals surface area (Å²) in [7, 11) is 0. The lowest BCUT2D eigenvalue weighted by Gasteiger charge is -2.21. The first-order chi connectivity index (χ1) is 9.65. The van der Waals surface area contributed by atoms with Gasteiger partial charge in [-0.3, -0.25) is 0 Å². The van der Waals surface area contributed by atoms with Crippen molar-refractivity contribution < 1.29 is 9.90 Å². The van der Waals surface area contributed by atoms with Crippen molar-refractivity contribution in [2.75, 3.05) is 25.0 Å². The van der Waals surface area contributed by atoms with Crippen LogP contribution in [0.3, 0.4) is 0 Å². The average Bonchev–Trinajstić information content (AvgIpc) is 2.87. The molecule has 0 unspecified atom stereocenters. The average molecular weight is 341 g/mol.